The second kappa shape index (κ2) is 9.98. The van der Waals surface area contributed by atoms with Gasteiger partial charge in [-0.25, -0.2) is 14.4 Å². The molecule has 0 aliphatic carbocycles. The van der Waals surface area contributed by atoms with Crippen molar-refractivity contribution in [2.24, 2.45) is 7.05 Å². The van der Waals surface area contributed by atoms with Gasteiger partial charge in [-0.1, -0.05) is 0 Å². The number of nitrogens with zero attached hydrogens (tertiary/aromatic N) is 6. The summed E-state index contributed by atoms with van der Waals surface area (Å²) in [5, 5.41) is 8.61. The number of nitrogens with one attached hydrogen (secondary N) is 1. The summed E-state index contributed by atoms with van der Waals surface area (Å²) in [6.07, 6.45) is 4.83. The zero-order valence-corrected chi connectivity index (χ0v) is 21.4. The molecule has 10 heteroatoms. The van der Waals surface area contributed by atoms with Crippen molar-refractivity contribution >= 4 is 33.3 Å². The van der Waals surface area contributed by atoms with E-state index in [0.717, 1.165) is 11.1 Å². The summed E-state index contributed by atoms with van der Waals surface area (Å²) in [5.74, 6) is 1.09. The van der Waals surface area contributed by atoms with Gasteiger partial charge < -0.3 is 19.7 Å². The number of rotatable bonds is 8. The number of hydrogen-bond donors (Lipinski definition) is 1. The highest BCUT2D eigenvalue weighted by atomic mass is 19.1. The largest absolute Gasteiger partial charge is 0.489 e. The molecule has 0 fully saturated rings. The molecule has 0 radical (unpaired) electrons. The Hall–Kier alpha value is -4.31. The fourth-order valence-corrected chi connectivity index (χ4v) is 4.42. The van der Waals surface area contributed by atoms with Gasteiger partial charge in [0.05, 0.1) is 34.8 Å². The van der Waals surface area contributed by atoms with E-state index in [1.807, 2.05) is 46.4 Å². The lowest BCUT2D eigenvalue weighted by molar-refractivity contribution is 0.179. The molecule has 0 amide bonds. The minimum Gasteiger partial charge on any atom is -0.489 e. The molecule has 3 heterocycles. The molecule has 0 bridgehead atoms. The Balaban J connectivity index is 1.66. The van der Waals surface area contributed by atoms with E-state index in [4.69, 9.17) is 9.47 Å². The van der Waals surface area contributed by atoms with E-state index in [1.165, 1.54) is 6.33 Å². The summed E-state index contributed by atoms with van der Waals surface area (Å²) in [6.45, 7) is 2.70. The van der Waals surface area contributed by atoms with E-state index in [9.17, 15) is 0 Å². The Bertz CT molecular complexity index is 1580. The van der Waals surface area contributed by atoms with E-state index in [-0.39, 0.29) is 11.8 Å². The lowest BCUT2D eigenvalue weighted by Crippen LogP contribution is -2.28. The van der Waals surface area contributed by atoms with Crippen molar-refractivity contribution in [1.29, 1.82) is 0 Å². The second-order valence-electron chi connectivity index (χ2n) is 9.13. The average Bonchev–Trinajstić information content (AvgIpc) is 3.26. The molecule has 0 saturated carbocycles. The summed E-state index contributed by atoms with van der Waals surface area (Å²) in [5.41, 5.74) is 3.13. The number of aryl methyl sites for hydroxylation is 1. The van der Waals surface area contributed by atoms with Gasteiger partial charge in [-0.2, -0.15) is 0 Å². The molecule has 1 atom stereocenters. The molecule has 0 aliphatic rings. The number of pyridine rings is 1. The number of halogens is 1. The fraction of sp³-hybridized carbons (Fsp3) is 0.259. The number of ether oxygens (including phenoxy) is 2. The third-order valence-corrected chi connectivity index (χ3v) is 5.92. The number of anilines is 2. The zero-order valence-electron chi connectivity index (χ0n) is 21.4. The highest BCUT2D eigenvalue weighted by Gasteiger charge is 2.20. The lowest BCUT2D eigenvalue weighted by Gasteiger charge is -2.21. The third kappa shape index (κ3) is 4.88. The van der Waals surface area contributed by atoms with Crippen molar-refractivity contribution in [1.82, 2.24) is 29.6 Å². The van der Waals surface area contributed by atoms with Gasteiger partial charge >= 0.3 is 0 Å². The Labute approximate surface area is 213 Å². The first-order chi connectivity index (χ1) is 17.8. The Kier molecular flexibility index (Phi) is 6.58. The van der Waals surface area contributed by atoms with Crippen LogP contribution in [0.2, 0.25) is 0 Å². The first-order valence-electron chi connectivity index (χ1n) is 11.8. The van der Waals surface area contributed by atoms with Crippen LogP contribution in [0.4, 0.5) is 15.9 Å². The molecule has 2 aromatic carbocycles. The normalized spacial score (nSPS) is 12.3. The van der Waals surface area contributed by atoms with Crippen molar-refractivity contribution < 1.29 is 13.9 Å². The molecular weight excluding hydrogens is 473 g/mol. The van der Waals surface area contributed by atoms with Gasteiger partial charge in [0.25, 0.3) is 0 Å². The van der Waals surface area contributed by atoms with Gasteiger partial charge in [0.2, 0.25) is 5.88 Å². The Morgan fingerprint density at radius 1 is 1.11 bits per heavy atom. The van der Waals surface area contributed by atoms with Gasteiger partial charge in [-0.15, -0.1) is 5.10 Å². The predicted octanol–water partition coefficient (Wildman–Crippen LogP) is 4.80. The number of methoxy groups -OCH3 is 1. The molecule has 0 saturated heterocycles. The van der Waals surface area contributed by atoms with Gasteiger partial charge in [-0.05, 0) is 63.0 Å². The highest BCUT2D eigenvalue weighted by molar-refractivity contribution is 5.99. The smallest absolute Gasteiger partial charge is 0.240 e. The molecule has 9 nitrogen and oxygen atoms in total. The van der Waals surface area contributed by atoms with Crippen molar-refractivity contribution in [2.75, 3.05) is 33.1 Å². The Morgan fingerprint density at radius 2 is 1.95 bits per heavy atom. The van der Waals surface area contributed by atoms with Crippen molar-refractivity contribution in [3.05, 3.63) is 60.9 Å². The molecule has 190 valence electrons. The highest BCUT2D eigenvalue weighted by Crippen LogP contribution is 2.39. The first kappa shape index (κ1) is 24.4. The van der Waals surface area contributed by atoms with Crippen LogP contribution in [0.15, 0.2) is 55.1 Å². The monoisotopic (exact) mass is 501 g/mol. The standard InChI is InChI=1S/C27H28FN7O2/c1-16(13-34(2)3)37-23-12-17(19-14-35(4)33-27(19)36-5)11-22-24(23)26(31-15-30-22)32-21-9-8-20-18(25(21)28)7-6-10-29-20/h6-12,14-16H,13H2,1-5H3,(H,30,31,32)/t16-/m1/s1. The molecule has 0 spiro atoms. The molecule has 5 aromatic rings. The maximum atomic E-state index is 15.4. The van der Waals surface area contributed by atoms with Crippen LogP contribution >= 0.6 is 0 Å². The summed E-state index contributed by atoms with van der Waals surface area (Å²) >= 11 is 0. The Morgan fingerprint density at radius 3 is 2.73 bits per heavy atom. The molecular formula is C27H28FN7O2. The van der Waals surface area contributed by atoms with E-state index >= 15 is 4.39 Å². The zero-order chi connectivity index (χ0) is 26.1. The maximum Gasteiger partial charge on any atom is 0.240 e. The minimum atomic E-state index is -0.405. The van der Waals surface area contributed by atoms with Crippen LogP contribution in [0.5, 0.6) is 11.6 Å². The van der Waals surface area contributed by atoms with Crippen LogP contribution < -0.4 is 14.8 Å². The minimum absolute atomic E-state index is 0.138. The SMILES string of the molecule is COc1nn(C)cc1-c1cc(O[C@H](C)CN(C)C)c2c(Nc3ccc4ncccc4c3F)ncnc2c1. The average molecular weight is 502 g/mol. The first-order valence-corrected chi connectivity index (χ1v) is 11.8. The van der Waals surface area contributed by atoms with E-state index in [2.05, 4.69) is 30.3 Å². The van der Waals surface area contributed by atoms with Gasteiger partial charge in [0.15, 0.2) is 5.82 Å². The van der Waals surface area contributed by atoms with E-state index in [0.29, 0.717) is 45.8 Å². The van der Waals surface area contributed by atoms with Crippen LogP contribution in [0.3, 0.4) is 0 Å². The van der Waals surface area contributed by atoms with Crippen molar-refractivity contribution in [3.8, 4) is 22.8 Å². The van der Waals surface area contributed by atoms with Crippen LogP contribution in [0, 0.1) is 5.82 Å². The summed E-state index contributed by atoms with van der Waals surface area (Å²) < 4.78 is 29.0. The second-order valence-corrected chi connectivity index (χ2v) is 9.13. The molecule has 5 rings (SSSR count). The molecule has 0 aliphatic heterocycles. The number of fused-ring (bicyclic) bond motifs is 2. The number of likely N-dealkylation sites (N-methyl/N-ethyl adjacent to an activating group) is 1. The quantitative estimate of drug-likeness (QED) is 0.324. The fourth-order valence-electron chi connectivity index (χ4n) is 4.42. The number of benzene rings is 2. The number of hydrogen-bond acceptors (Lipinski definition) is 8. The van der Waals surface area contributed by atoms with Gasteiger partial charge in [-0.3, -0.25) is 9.67 Å². The predicted molar refractivity (Wildman–Crippen MR) is 142 cm³/mol. The van der Waals surface area contributed by atoms with Crippen molar-refractivity contribution in [2.45, 2.75) is 13.0 Å². The van der Waals surface area contributed by atoms with E-state index in [1.54, 1.807) is 42.3 Å². The topological polar surface area (TPSA) is 90.2 Å². The number of aromatic nitrogens is 5. The van der Waals surface area contributed by atoms with Gasteiger partial charge in [0, 0.05) is 31.4 Å². The molecule has 3 aromatic heterocycles. The summed E-state index contributed by atoms with van der Waals surface area (Å²) in [6, 6.07) is 10.7. The third-order valence-electron chi connectivity index (χ3n) is 5.92. The van der Waals surface area contributed by atoms with Crippen LogP contribution in [-0.2, 0) is 7.05 Å². The molecule has 0 unspecified atom stereocenters. The van der Waals surface area contributed by atoms with E-state index < -0.39 is 5.82 Å². The maximum absolute atomic E-state index is 15.4. The van der Waals surface area contributed by atoms with Crippen LogP contribution in [0.1, 0.15) is 6.92 Å². The molecule has 1 N–H and O–H groups in total. The van der Waals surface area contributed by atoms with Crippen LogP contribution in [0.25, 0.3) is 32.9 Å². The molecule has 37 heavy (non-hydrogen) atoms. The summed E-state index contributed by atoms with van der Waals surface area (Å²) in [7, 11) is 7.40. The van der Waals surface area contributed by atoms with Crippen LogP contribution in [-0.4, -0.2) is 63.5 Å². The van der Waals surface area contributed by atoms with Gasteiger partial charge in [0.1, 0.15) is 24.0 Å². The summed E-state index contributed by atoms with van der Waals surface area (Å²) in [4.78, 5) is 15.3. The lowest BCUT2D eigenvalue weighted by atomic mass is 10.0. The van der Waals surface area contributed by atoms with Crippen molar-refractivity contribution in [3.63, 3.8) is 0 Å².